The maximum absolute atomic E-state index is 12.8. The third-order valence-electron chi connectivity index (χ3n) is 3.49. The molecule has 25 heavy (non-hydrogen) atoms. The Bertz CT molecular complexity index is 851. The zero-order valence-electron chi connectivity index (χ0n) is 13.7. The monoisotopic (exact) mass is 366 g/mol. The molecule has 8 heteroatoms. The Kier molecular flexibility index (Phi) is 6.11. The summed E-state index contributed by atoms with van der Waals surface area (Å²) in [5, 5.41) is 7.77. The van der Waals surface area contributed by atoms with Crippen molar-refractivity contribution in [2.75, 3.05) is 13.2 Å². The Balaban J connectivity index is 1.91. The number of sulfonamides is 1. The molecule has 0 saturated carbocycles. The van der Waals surface area contributed by atoms with Gasteiger partial charge in [-0.2, -0.15) is 0 Å². The number of hydrogen-bond donors (Lipinski definition) is 2. The molecular weight excluding hydrogens is 347 g/mol. The van der Waals surface area contributed by atoms with E-state index in [9.17, 15) is 17.6 Å². The summed E-state index contributed by atoms with van der Waals surface area (Å²) in [6.45, 7) is 2.32. The lowest BCUT2D eigenvalue weighted by molar-refractivity contribution is 0.0947. The van der Waals surface area contributed by atoms with Gasteiger partial charge in [0, 0.05) is 5.56 Å². The molecule has 0 heterocycles. The molecule has 0 atom stereocenters. The zero-order valence-corrected chi connectivity index (χ0v) is 14.5. The van der Waals surface area contributed by atoms with Gasteiger partial charge < -0.3 is 10.1 Å². The van der Waals surface area contributed by atoms with Gasteiger partial charge in [-0.05, 0) is 54.4 Å². The average molecular weight is 366 g/mol. The summed E-state index contributed by atoms with van der Waals surface area (Å²) >= 11 is 0. The van der Waals surface area contributed by atoms with Crippen LogP contribution in [0.4, 0.5) is 4.39 Å². The van der Waals surface area contributed by atoms with Crippen LogP contribution in [0.3, 0.4) is 0 Å². The summed E-state index contributed by atoms with van der Waals surface area (Å²) in [6, 6.07) is 9.61. The van der Waals surface area contributed by atoms with Crippen LogP contribution in [0.5, 0.6) is 5.75 Å². The standard InChI is InChI=1S/C17H19FN2O4S/c1-2-12-11-15(25(19,22)23)7-8-16(12)24-10-9-20-17(21)13-3-5-14(18)6-4-13/h3-8,11H,2,9-10H2,1H3,(H,20,21)(H2,19,22,23). The van der Waals surface area contributed by atoms with Crippen molar-refractivity contribution in [2.45, 2.75) is 18.2 Å². The lowest BCUT2D eigenvalue weighted by atomic mass is 10.1. The maximum Gasteiger partial charge on any atom is 0.251 e. The molecule has 0 spiro atoms. The number of halogens is 1. The number of primary sulfonamides is 1. The number of aryl methyl sites for hydroxylation is 1. The molecule has 3 N–H and O–H groups in total. The summed E-state index contributed by atoms with van der Waals surface area (Å²) in [6.07, 6.45) is 0.570. The van der Waals surface area contributed by atoms with Crippen molar-refractivity contribution >= 4 is 15.9 Å². The van der Waals surface area contributed by atoms with Gasteiger partial charge in [-0.25, -0.2) is 17.9 Å². The van der Waals surface area contributed by atoms with Gasteiger partial charge in [0.15, 0.2) is 0 Å². The Hall–Kier alpha value is -2.45. The van der Waals surface area contributed by atoms with Crippen LogP contribution in [0, 0.1) is 5.82 Å². The molecule has 6 nitrogen and oxygen atoms in total. The molecule has 0 aliphatic carbocycles. The van der Waals surface area contributed by atoms with E-state index in [-0.39, 0.29) is 24.0 Å². The Labute approximate surface area is 145 Å². The summed E-state index contributed by atoms with van der Waals surface area (Å²) < 4.78 is 41.2. The van der Waals surface area contributed by atoms with Gasteiger partial charge in [-0.15, -0.1) is 0 Å². The van der Waals surface area contributed by atoms with Crippen molar-refractivity contribution in [1.29, 1.82) is 0 Å². The fourth-order valence-electron chi connectivity index (χ4n) is 2.18. The molecule has 1 amide bonds. The highest BCUT2D eigenvalue weighted by molar-refractivity contribution is 7.89. The third-order valence-corrected chi connectivity index (χ3v) is 4.40. The number of nitrogens with one attached hydrogen (secondary N) is 1. The van der Waals surface area contributed by atoms with Crippen molar-refractivity contribution in [3.8, 4) is 5.75 Å². The molecule has 0 bridgehead atoms. The molecule has 0 aliphatic rings. The first-order chi connectivity index (χ1) is 11.8. The molecule has 2 aromatic rings. The van der Waals surface area contributed by atoms with E-state index in [4.69, 9.17) is 9.88 Å². The van der Waals surface area contributed by atoms with E-state index in [0.29, 0.717) is 23.3 Å². The van der Waals surface area contributed by atoms with E-state index in [1.165, 1.54) is 36.4 Å². The second-order valence-corrected chi connectivity index (χ2v) is 6.84. The normalized spacial score (nSPS) is 11.2. The smallest absolute Gasteiger partial charge is 0.251 e. The number of carbonyl (C=O) groups is 1. The van der Waals surface area contributed by atoms with Crippen LogP contribution in [-0.2, 0) is 16.4 Å². The number of nitrogens with two attached hydrogens (primary N) is 1. The molecule has 2 rings (SSSR count). The number of carbonyl (C=O) groups excluding carboxylic acids is 1. The van der Waals surface area contributed by atoms with E-state index in [1.807, 2.05) is 6.92 Å². The van der Waals surface area contributed by atoms with Gasteiger partial charge in [0.05, 0.1) is 11.4 Å². The molecule has 0 unspecified atom stereocenters. The highest BCUT2D eigenvalue weighted by Crippen LogP contribution is 2.22. The second kappa shape index (κ2) is 8.09. The first-order valence-corrected chi connectivity index (χ1v) is 9.18. The van der Waals surface area contributed by atoms with E-state index < -0.39 is 15.8 Å². The lowest BCUT2D eigenvalue weighted by Gasteiger charge is -2.12. The summed E-state index contributed by atoms with van der Waals surface area (Å²) in [4.78, 5) is 11.9. The fourth-order valence-corrected chi connectivity index (χ4v) is 2.74. The first kappa shape index (κ1) is 18.9. The Morgan fingerprint density at radius 2 is 1.88 bits per heavy atom. The van der Waals surface area contributed by atoms with Crippen LogP contribution in [0.25, 0.3) is 0 Å². The largest absolute Gasteiger partial charge is 0.491 e. The van der Waals surface area contributed by atoms with E-state index in [1.54, 1.807) is 6.07 Å². The second-order valence-electron chi connectivity index (χ2n) is 5.28. The molecule has 2 aromatic carbocycles. The van der Waals surface area contributed by atoms with Crippen molar-refractivity contribution in [3.63, 3.8) is 0 Å². The van der Waals surface area contributed by atoms with Gasteiger partial charge in [0.2, 0.25) is 10.0 Å². The van der Waals surface area contributed by atoms with Gasteiger partial charge in [0.1, 0.15) is 18.2 Å². The van der Waals surface area contributed by atoms with E-state index in [0.717, 1.165) is 0 Å². The van der Waals surface area contributed by atoms with Crippen molar-refractivity contribution in [2.24, 2.45) is 5.14 Å². The minimum atomic E-state index is -3.76. The van der Waals surface area contributed by atoms with Crippen LogP contribution in [-0.4, -0.2) is 27.5 Å². The number of hydrogen-bond acceptors (Lipinski definition) is 4. The third kappa shape index (κ3) is 5.27. The van der Waals surface area contributed by atoms with Crippen molar-refractivity contribution in [3.05, 3.63) is 59.4 Å². The number of ether oxygens (including phenoxy) is 1. The fraction of sp³-hybridized carbons (Fsp3) is 0.235. The summed E-state index contributed by atoms with van der Waals surface area (Å²) in [5.41, 5.74) is 1.06. The SMILES string of the molecule is CCc1cc(S(N)(=O)=O)ccc1OCCNC(=O)c1ccc(F)cc1. The zero-order chi connectivity index (χ0) is 18.4. The molecule has 134 valence electrons. The highest BCUT2D eigenvalue weighted by Gasteiger charge is 2.11. The highest BCUT2D eigenvalue weighted by atomic mass is 32.2. The molecule has 0 fully saturated rings. The predicted molar refractivity (Wildman–Crippen MR) is 91.4 cm³/mol. The quantitative estimate of drug-likeness (QED) is 0.731. The lowest BCUT2D eigenvalue weighted by Crippen LogP contribution is -2.28. The molecule has 0 radical (unpaired) electrons. The number of rotatable bonds is 7. The topological polar surface area (TPSA) is 98.5 Å². The predicted octanol–water partition coefficient (Wildman–Crippen LogP) is 1.84. The molecule has 0 aliphatic heterocycles. The van der Waals surface area contributed by atoms with E-state index >= 15 is 0 Å². The van der Waals surface area contributed by atoms with Gasteiger partial charge in [0.25, 0.3) is 5.91 Å². The molecule has 0 saturated heterocycles. The van der Waals surface area contributed by atoms with Gasteiger partial charge >= 0.3 is 0 Å². The van der Waals surface area contributed by atoms with Crippen LogP contribution in [0.15, 0.2) is 47.4 Å². The van der Waals surface area contributed by atoms with Crippen LogP contribution >= 0.6 is 0 Å². The Morgan fingerprint density at radius 3 is 2.48 bits per heavy atom. The van der Waals surface area contributed by atoms with Gasteiger partial charge in [-0.1, -0.05) is 6.92 Å². The van der Waals surface area contributed by atoms with Crippen LogP contribution < -0.4 is 15.2 Å². The van der Waals surface area contributed by atoms with Crippen LogP contribution in [0.1, 0.15) is 22.8 Å². The minimum Gasteiger partial charge on any atom is -0.491 e. The summed E-state index contributed by atoms with van der Waals surface area (Å²) in [7, 11) is -3.76. The van der Waals surface area contributed by atoms with Crippen molar-refractivity contribution in [1.82, 2.24) is 5.32 Å². The molecular formula is C17H19FN2O4S. The molecule has 0 aromatic heterocycles. The summed E-state index contributed by atoms with van der Waals surface area (Å²) in [5.74, 6) is -0.204. The number of benzene rings is 2. The minimum absolute atomic E-state index is 0.0290. The number of amides is 1. The van der Waals surface area contributed by atoms with Crippen LogP contribution in [0.2, 0.25) is 0 Å². The maximum atomic E-state index is 12.8. The van der Waals surface area contributed by atoms with E-state index in [2.05, 4.69) is 5.32 Å². The van der Waals surface area contributed by atoms with Gasteiger partial charge in [-0.3, -0.25) is 4.79 Å². The first-order valence-electron chi connectivity index (χ1n) is 7.63. The Morgan fingerprint density at radius 1 is 1.20 bits per heavy atom. The van der Waals surface area contributed by atoms with Crippen molar-refractivity contribution < 1.29 is 22.3 Å². The average Bonchev–Trinajstić information content (AvgIpc) is 2.58.